The van der Waals surface area contributed by atoms with Crippen LogP contribution in [0, 0.1) is 0 Å². The van der Waals surface area contributed by atoms with E-state index in [-0.39, 0.29) is 17.7 Å². The number of benzene rings is 1. The van der Waals surface area contributed by atoms with Crippen LogP contribution in [0.3, 0.4) is 0 Å². The van der Waals surface area contributed by atoms with Crippen LogP contribution in [0.25, 0.3) is 0 Å². The second-order valence-corrected chi connectivity index (χ2v) is 6.37. The Hall–Kier alpha value is -2.01. The van der Waals surface area contributed by atoms with Crippen molar-refractivity contribution in [1.29, 1.82) is 0 Å². The second-order valence-electron chi connectivity index (χ2n) is 6.37. The van der Waals surface area contributed by atoms with E-state index in [1.54, 1.807) is 0 Å². The molecular weight excluding hydrogens is 306 g/mol. The van der Waals surface area contributed by atoms with Gasteiger partial charge >= 0.3 is 0 Å². The van der Waals surface area contributed by atoms with E-state index in [9.17, 15) is 9.90 Å². The predicted molar refractivity (Wildman–Crippen MR) is 90.0 cm³/mol. The first-order valence-electron chi connectivity index (χ1n) is 8.74. The summed E-state index contributed by atoms with van der Waals surface area (Å²) in [5.41, 5.74) is 0.894. The molecule has 0 aliphatic carbocycles. The Morgan fingerprint density at radius 3 is 2.79 bits per heavy atom. The van der Waals surface area contributed by atoms with Gasteiger partial charge in [-0.05, 0) is 24.8 Å². The van der Waals surface area contributed by atoms with Crippen molar-refractivity contribution in [3.63, 3.8) is 0 Å². The third kappa shape index (κ3) is 4.09. The number of ether oxygens (including phenoxy) is 2. The van der Waals surface area contributed by atoms with E-state index in [0.717, 1.165) is 31.2 Å². The molecule has 1 fully saturated rings. The van der Waals surface area contributed by atoms with E-state index in [4.69, 9.17) is 9.47 Å². The summed E-state index contributed by atoms with van der Waals surface area (Å²) in [7, 11) is 0. The molecule has 2 atom stereocenters. The number of aliphatic hydroxyl groups excluding tert-OH is 1. The van der Waals surface area contributed by atoms with Crippen molar-refractivity contribution >= 4 is 5.91 Å². The summed E-state index contributed by atoms with van der Waals surface area (Å²) in [6, 6.07) is 9.65. The molecule has 0 radical (unpaired) electrons. The molecule has 1 N–H and O–H groups in total. The van der Waals surface area contributed by atoms with E-state index >= 15 is 0 Å². The molecule has 0 aromatic heterocycles. The predicted octanol–water partition coefficient (Wildman–Crippen LogP) is 2.77. The lowest BCUT2D eigenvalue weighted by Crippen LogP contribution is -2.42. The smallest absolute Gasteiger partial charge is 0.292 e. The van der Waals surface area contributed by atoms with Gasteiger partial charge in [-0.2, -0.15) is 0 Å². The lowest BCUT2D eigenvalue weighted by molar-refractivity contribution is -0.135. The largest absolute Gasteiger partial charge is 0.494 e. The fraction of sp³-hybridized carbons (Fsp3) is 0.526. The Balaban J connectivity index is 1.72. The van der Waals surface area contributed by atoms with Gasteiger partial charge in [0.1, 0.15) is 19.5 Å². The summed E-state index contributed by atoms with van der Waals surface area (Å²) in [6.45, 7) is 1.58. The first kappa shape index (κ1) is 16.8. The highest BCUT2D eigenvalue weighted by Crippen LogP contribution is 2.27. The molecule has 130 valence electrons. The van der Waals surface area contributed by atoms with Gasteiger partial charge in [0.05, 0.1) is 6.10 Å². The van der Waals surface area contributed by atoms with Gasteiger partial charge in [-0.15, -0.1) is 0 Å². The van der Waals surface area contributed by atoms with Crippen LogP contribution in [0.5, 0.6) is 0 Å². The van der Waals surface area contributed by atoms with Gasteiger partial charge in [-0.3, -0.25) is 4.79 Å². The summed E-state index contributed by atoms with van der Waals surface area (Å²) >= 11 is 0. The number of hydrogen-bond donors (Lipinski definition) is 1. The Bertz CT molecular complexity index is 572. The normalized spacial score (nSPS) is 22.6. The van der Waals surface area contributed by atoms with Crippen LogP contribution in [0.15, 0.2) is 42.4 Å². The molecule has 2 unspecified atom stereocenters. The highest BCUT2D eigenvalue weighted by atomic mass is 16.6. The third-order valence-corrected chi connectivity index (χ3v) is 4.68. The summed E-state index contributed by atoms with van der Waals surface area (Å²) in [4.78, 5) is 14.7. The monoisotopic (exact) mass is 331 g/mol. The van der Waals surface area contributed by atoms with Gasteiger partial charge < -0.3 is 19.5 Å². The molecule has 2 aliphatic heterocycles. The first-order chi connectivity index (χ1) is 11.8. The summed E-state index contributed by atoms with van der Waals surface area (Å²) in [5, 5.41) is 10.6. The molecule has 1 saturated heterocycles. The van der Waals surface area contributed by atoms with Gasteiger partial charge in [-0.1, -0.05) is 43.2 Å². The molecule has 0 bridgehead atoms. The second kappa shape index (κ2) is 8.20. The number of likely N-dealkylation sites (tertiary alicyclic amines) is 1. The summed E-state index contributed by atoms with van der Waals surface area (Å²) in [5.74, 6) is 0.157. The van der Waals surface area contributed by atoms with Crippen LogP contribution < -0.4 is 0 Å². The van der Waals surface area contributed by atoms with Crippen molar-refractivity contribution < 1.29 is 19.4 Å². The fourth-order valence-electron chi connectivity index (χ4n) is 3.38. The summed E-state index contributed by atoms with van der Waals surface area (Å²) < 4.78 is 10.7. The molecule has 5 heteroatoms. The number of amides is 1. The van der Waals surface area contributed by atoms with E-state index in [0.29, 0.717) is 26.2 Å². The average Bonchev–Trinajstić information content (AvgIpc) is 2.88. The van der Waals surface area contributed by atoms with E-state index in [2.05, 4.69) is 0 Å². The van der Waals surface area contributed by atoms with Crippen LogP contribution >= 0.6 is 0 Å². The third-order valence-electron chi connectivity index (χ3n) is 4.68. The maximum Gasteiger partial charge on any atom is 0.292 e. The number of hydrogen-bond acceptors (Lipinski definition) is 4. The molecule has 1 aromatic carbocycles. The van der Waals surface area contributed by atoms with Crippen molar-refractivity contribution in [3.8, 4) is 0 Å². The zero-order valence-electron chi connectivity index (χ0n) is 13.9. The van der Waals surface area contributed by atoms with Crippen molar-refractivity contribution in [2.75, 3.05) is 19.8 Å². The molecule has 0 saturated carbocycles. The number of carbonyl (C=O) groups excluding carboxylic acids is 1. The van der Waals surface area contributed by atoms with Crippen LogP contribution in [0.4, 0.5) is 0 Å². The molecule has 0 spiro atoms. The van der Waals surface area contributed by atoms with Gasteiger partial charge in [0.2, 0.25) is 5.76 Å². The maximum absolute atomic E-state index is 12.8. The van der Waals surface area contributed by atoms with Gasteiger partial charge in [-0.25, -0.2) is 0 Å². The lowest BCUT2D eigenvalue weighted by Gasteiger charge is -2.32. The molecule has 2 aliphatic rings. The quantitative estimate of drug-likeness (QED) is 0.922. The maximum atomic E-state index is 12.8. The fourth-order valence-corrected chi connectivity index (χ4v) is 3.38. The topological polar surface area (TPSA) is 59.0 Å². The van der Waals surface area contributed by atoms with E-state index in [1.165, 1.54) is 6.26 Å². The van der Waals surface area contributed by atoms with Crippen LogP contribution in [0.2, 0.25) is 0 Å². The Labute approximate surface area is 142 Å². The van der Waals surface area contributed by atoms with Crippen molar-refractivity contribution in [3.05, 3.63) is 47.9 Å². The van der Waals surface area contributed by atoms with Crippen molar-refractivity contribution in [1.82, 2.24) is 4.90 Å². The van der Waals surface area contributed by atoms with Crippen molar-refractivity contribution in [2.24, 2.45) is 0 Å². The number of carbonyl (C=O) groups is 1. The molecular formula is C19H25NO4. The zero-order valence-corrected chi connectivity index (χ0v) is 13.9. The minimum Gasteiger partial charge on any atom is -0.494 e. The average molecular weight is 331 g/mol. The first-order valence-corrected chi connectivity index (χ1v) is 8.74. The minimum absolute atomic E-state index is 0.0154. The summed E-state index contributed by atoms with van der Waals surface area (Å²) in [6.07, 6.45) is 5.47. The Morgan fingerprint density at radius 2 is 2.04 bits per heavy atom. The van der Waals surface area contributed by atoms with Gasteiger partial charge in [0, 0.05) is 12.6 Å². The van der Waals surface area contributed by atoms with Crippen LogP contribution in [-0.4, -0.2) is 41.7 Å². The van der Waals surface area contributed by atoms with Crippen LogP contribution in [0.1, 0.15) is 43.8 Å². The van der Waals surface area contributed by atoms with Gasteiger partial charge in [0.15, 0.2) is 0 Å². The van der Waals surface area contributed by atoms with E-state index in [1.807, 2.05) is 35.2 Å². The van der Waals surface area contributed by atoms with Crippen LogP contribution in [-0.2, 0) is 14.3 Å². The number of aliphatic hydroxyl groups is 1. The highest BCUT2D eigenvalue weighted by molar-refractivity contribution is 5.91. The highest BCUT2D eigenvalue weighted by Gasteiger charge is 2.31. The zero-order chi connectivity index (χ0) is 16.8. The molecule has 5 nitrogen and oxygen atoms in total. The van der Waals surface area contributed by atoms with E-state index < -0.39 is 6.10 Å². The Morgan fingerprint density at radius 1 is 1.21 bits per heavy atom. The number of nitrogens with zero attached hydrogens (tertiary/aromatic N) is 1. The van der Waals surface area contributed by atoms with Gasteiger partial charge in [0.25, 0.3) is 5.91 Å². The number of rotatable bonds is 4. The molecule has 1 aromatic rings. The molecule has 2 heterocycles. The molecule has 1 amide bonds. The molecule has 24 heavy (non-hydrogen) atoms. The lowest BCUT2D eigenvalue weighted by atomic mass is 9.98. The SMILES string of the molecule is O=C(C1=COCCO1)N1CCCCCC1CC(O)c1ccccc1. The Kier molecular flexibility index (Phi) is 5.75. The van der Waals surface area contributed by atoms with Crippen molar-refractivity contribution in [2.45, 2.75) is 44.2 Å². The standard InChI is InChI=1S/C19H25NO4/c21-17(15-7-3-1-4-8-15)13-16-9-5-2-6-10-20(16)19(22)18-14-23-11-12-24-18/h1,3-4,7-8,14,16-17,21H,2,5-6,9-13H2. The molecule has 3 rings (SSSR count). The minimum atomic E-state index is -0.567.